The molecule has 2 rings (SSSR count). The fourth-order valence-electron chi connectivity index (χ4n) is 1.78. The van der Waals surface area contributed by atoms with Gasteiger partial charge in [-0.15, -0.1) is 11.3 Å². The minimum Gasteiger partial charge on any atom is -0.399 e. The number of rotatable bonds is 3. The van der Waals surface area contributed by atoms with Gasteiger partial charge >= 0.3 is 0 Å². The van der Waals surface area contributed by atoms with E-state index in [0.717, 1.165) is 21.9 Å². The summed E-state index contributed by atoms with van der Waals surface area (Å²) in [6, 6.07) is 6.20. The highest BCUT2D eigenvalue weighted by molar-refractivity contribution is 7.11. The average Bonchev–Trinajstić information content (AvgIpc) is 2.63. The first-order chi connectivity index (χ1) is 8.04. The van der Waals surface area contributed by atoms with Crippen LogP contribution in [0.5, 0.6) is 0 Å². The third-order valence-electron chi connectivity index (χ3n) is 2.49. The van der Waals surface area contributed by atoms with Crippen molar-refractivity contribution in [1.29, 1.82) is 0 Å². The van der Waals surface area contributed by atoms with Crippen molar-refractivity contribution in [2.24, 2.45) is 0 Å². The lowest BCUT2D eigenvalue weighted by Crippen LogP contribution is -2.06. The molecule has 1 aromatic heterocycles. The van der Waals surface area contributed by atoms with Crippen molar-refractivity contribution in [3.63, 3.8) is 0 Å². The van der Waals surface area contributed by atoms with E-state index < -0.39 is 0 Å². The van der Waals surface area contributed by atoms with E-state index in [2.05, 4.69) is 30.2 Å². The van der Waals surface area contributed by atoms with Gasteiger partial charge < -0.3 is 11.1 Å². The van der Waals surface area contributed by atoms with Gasteiger partial charge in [-0.1, -0.05) is 0 Å². The van der Waals surface area contributed by atoms with Crippen molar-refractivity contribution in [3.05, 3.63) is 39.8 Å². The first-order valence-electron chi connectivity index (χ1n) is 5.60. The first-order valence-corrected chi connectivity index (χ1v) is 6.42. The van der Waals surface area contributed by atoms with Crippen LogP contribution in [0.2, 0.25) is 0 Å². The van der Waals surface area contributed by atoms with Gasteiger partial charge in [0.25, 0.3) is 0 Å². The summed E-state index contributed by atoms with van der Waals surface area (Å²) in [5.74, 6) is 0. The number of nitrogen functional groups attached to an aromatic ring is 1. The van der Waals surface area contributed by atoms with E-state index in [-0.39, 0.29) is 6.04 Å². The van der Waals surface area contributed by atoms with Gasteiger partial charge in [-0.05, 0) is 44.5 Å². The molecule has 3 N–H and O–H groups in total. The minimum atomic E-state index is 0.204. The molecule has 0 bridgehead atoms. The highest BCUT2D eigenvalue weighted by Crippen LogP contribution is 2.24. The zero-order valence-electron chi connectivity index (χ0n) is 10.3. The molecular formula is C13H17N3S. The van der Waals surface area contributed by atoms with Gasteiger partial charge in [0.1, 0.15) is 5.01 Å². The predicted molar refractivity (Wildman–Crippen MR) is 74.5 cm³/mol. The van der Waals surface area contributed by atoms with Gasteiger partial charge in [-0.25, -0.2) is 4.98 Å². The van der Waals surface area contributed by atoms with E-state index in [1.54, 1.807) is 11.3 Å². The Labute approximate surface area is 106 Å². The van der Waals surface area contributed by atoms with Crippen LogP contribution in [-0.4, -0.2) is 4.98 Å². The van der Waals surface area contributed by atoms with E-state index in [1.165, 1.54) is 4.88 Å². The van der Waals surface area contributed by atoms with Crippen LogP contribution in [0.25, 0.3) is 0 Å². The second kappa shape index (κ2) is 4.75. The van der Waals surface area contributed by atoms with Gasteiger partial charge in [-0.2, -0.15) is 0 Å². The van der Waals surface area contributed by atoms with Crippen molar-refractivity contribution < 1.29 is 0 Å². The third-order valence-corrected chi connectivity index (χ3v) is 3.59. The summed E-state index contributed by atoms with van der Waals surface area (Å²) in [5, 5.41) is 4.52. The standard InChI is InChI=1S/C13H17N3S/c1-8-4-11(14)6-12(5-8)16-10(3)13-15-7-9(2)17-13/h4-7,10,16H,14H2,1-3H3. The zero-order valence-corrected chi connectivity index (χ0v) is 11.1. The molecule has 17 heavy (non-hydrogen) atoms. The van der Waals surface area contributed by atoms with Crippen LogP contribution >= 0.6 is 11.3 Å². The topological polar surface area (TPSA) is 50.9 Å². The van der Waals surface area contributed by atoms with Gasteiger partial charge in [0.2, 0.25) is 0 Å². The highest BCUT2D eigenvalue weighted by atomic mass is 32.1. The highest BCUT2D eigenvalue weighted by Gasteiger charge is 2.09. The van der Waals surface area contributed by atoms with Crippen molar-refractivity contribution in [3.8, 4) is 0 Å². The van der Waals surface area contributed by atoms with Crippen molar-refractivity contribution in [2.45, 2.75) is 26.8 Å². The van der Waals surface area contributed by atoms with Gasteiger partial charge in [0, 0.05) is 22.4 Å². The van der Waals surface area contributed by atoms with Crippen LogP contribution in [0, 0.1) is 13.8 Å². The molecule has 0 spiro atoms. The maximum absolute atomic E-state index is 5.82. The number of benzene rings is 1. The maximum atomic E-state index is 5.82. The summed E-state index contributed by atoms with van der Waals surface area (Å²) in [5.41, 5.74) is 8.82. The minimum absolute atomic E-state index is 0.204. The van der Waals surface area contributed by atoms with Crippen LogP contribution in [0.1, 0.15) is 28.4 Å². The number of nitrogens with one attached hydrogen (secondary N) is 1. The molecule has 0 aliphatic rings. The van der Waals surface area contributed by atoms with Gasteiger partial charge in [-0.3, -0.25) is 0 Å². The summed E-state index contributed by atoms with van der Waals surface area (Å²) in [6.45, 7) is 6.22. The van der Waals surface area contributed by atoms with Crippen LogP contribution in [-0.2, 0) is 0 Å². The van der Waals surface area contributed by atoms with E-state index in [4.69, 9.17) is 5.73 Å². The molecule has 1 atom stereocenters. The molecule has 0 amide bonds. The molecule has 4 heteroatoms. The Morgan fingerprint density at radius 2 is 2.06 bits per heavy atom. The quantitative estimate of drug-likeness (QED) is 0.816. The van der Waals surface area contributed by atoms with Crippen LogP contribution < -0.4 is 11.1 Å². The molecule has 90 valence electrons. The van der Waals surface area contributed by atoms with Crippen LogP contribution in [0.15, 0.2) is 24.4 Å². The third kappa shape index (κ3) is 2.97. The Hall–Kier alpha value is -1.55. The van der Waals surface area contributed by atoms with E-state index in [1.807, 2.05) is 25.3 Å². The predicted octanol–water partition coefficient (Wildman–Crippen LogP) is 3.52. The first kappa shape index (κ1) is 11.9. The molecule has 3 nitrogen and oxygen atoms in total. The van der Waals surface area contributed by atoms with Crippen molar-refractivity contribution in [1.82, 2.24) is 4.98 Å². The van der Waals surface area contributed by atoms with E-state index in [0.29, 0.717) is 0 Å². The summed E-state index contributed by atoms with van der Waals surface area (Å²) in [4.78, 5) is 5.62. The molecule has 1 unspecified atom stereocenters. The Morgan fingerprint density at radius 1 is 1.29 bits per heavy atom. The lowest BCUT2D eigenvalue weighted by atomic mass is 10.2. The molecule has 0 fully saturated rings. The van der Waals surface area contributed by atoms with Crippen molar-refractivity contribution >= 4 is 22.7 Å². The van der Waals surface area contributed by atoms with Crippen molar-refractivity contribution in [2.75, 3.05) is 11.1 Å². The number of hydrogen-bond acceptors (Lipinski definition) is 4. The SMILES string of the molecule is Cc1cc(N)cc(NC(C)c2ncc(C)s2)c1. The second-order valence-corrected chi connectivity index (χ2v) is 5.57. The molecule has 0 aliphatic heterocycles. The molecule has 0 saturated carbocycles. The fraction of sp³-hybridized carbons (Fsp3) is 0.308. The lowest BCUT2D eigenvalue weighted by molar-refractivity contribution is 0.869. The van der Waals surface area contributed by atoms with Gasteiger partial charge in [0.05, 0.1) is 6.04 Å². The Kier molecular flexibility index (Phi) is 3.33. The fourth-order valence-corrected chi connectivity index (χ4v) is 2.56. The molecule has 0 radical (unpaired) electrons. The molecule has 2 aromatic rings. The normalized spacial score (nSPS) is 12.4. The Balaban J connectivity index is 2.15. The summed E-state index contributed by atoms with van der Waals surface area (Å²) >= 11 is 1.72. The smallest absolute Gasteiger partial charge is 0.115 e. The molecular weight excluding hydrogens is 230 g/mol. The lowest BCUT2D eigenvalue weighted by Gasteiger charge is -2.13. The molecule has 0 saturated heterocycles. The second-order valence-electron chi connectivity index (χ2n) is 4.31. The summed E-state index contributed by atoms with van der Waals surface area (Å²) in [7, 11) is 0. The van der Waals surface area contributed by atoms with Crippen LogP contribution in [0.4, 0.5) is 11.4 Å². The van der Waals surface area contributed by atoms with Crippen LogP contribution in [0.3, 0.4) is 0 Å². The zero-order chi connectivity index (χ0) is 12.4. The molecule has 1 aromatic carbocycles. The van der Waals surface area contributed by atoms with Gasteiger partial charge in [0.15, 0.2) is 0 Å². The number of aryl methyl sites for hydroxylation is 2. The monoisotopic (exact) mass is 247 g/mol. The Bertz CT molecular complexity index is 499. The summed E-state index contributed by atoms with van der Waals surface area (Å²) in [6.07, 6.45) is 1.91. The molecule has 0 aliphatic carbocycles. The number of thiazole rings is 1. The number of aromatic nitrogens is 1. The number of anilines is 2. The van der Waals surface area contributed by atoms with E-state index >= 15 is 0 Å². The average molecular weight is 247 g/mol. The maximum Gasteiger partial charge on any atom is 0.115 e. The number of nitrogens with two attached hydrogens (primary N) is 1. The molecule has 1 heterocycles. The largest absolute Gasteiger partial charge is 0.399 e. The number of hydrogen-bond donors (Lipinski definition) is 2. The van der Waals surface area contributed by atoms with E-state index in [9.17, 15) is 0 Å². The number of nitrogens with zero attached hydrogens (tertiary/aromatic N) is 1. The summed E-state index contributed by atoms with van der Waals surface area (Å²) < 4.78 is 0. The Morgan fingerprint density at radius 3 is 2.65 bits per heavy atom.